The summed E-state index contributed by atoms with van der Waals surface area (Å²) >= 11 is 1.44. The second kappa shape index (κ2) is 7.61. The number of ether oxygens (including phenoxy) is 1. The molecule has 1 aliphatic heterocycles. The fourth-order valence-corrected chi connectivity index (χ4v) is 3.39. The Bertz CT molecular complexity index is 653. The van der Waals surface area contributed by atoms with E-state index in [1.807, 2.05) is 30.3 Å². The third-order valence-corrected chi connectivity index (χ3v) is 4.70. The molecule has 1 saturated heterocycles. The number of Topliss-reactive ketones (excluding diaryl/α,β-unsaturated/α-hetero) is 1. The van der Waals surface area contributed by atoms with Gasteiger partial charge in [0.15, 0.2) is 10.9 Å². The van der Waals surface area contributed by atoms with Crippen LogP contribution < -0.4 is 4.90 Å². The highest BCUT2D eigenvalue weighted by Crippen LogP contribution is 2.23. The number of carbonyl (C=O) groups excluding carboxylic acids is 1. The number of rotatable bonds is 6. The number of morpholine rings is 1. The van der Waals surface area contributed by atoms with Crippen molar-refractivity contribution in [3.63, 3.8) is 0 Å². The Kier molecular flexibility index (Phi) is 5.30. The molecule has 1 aromatic heterocycles. The summed E-state index contributed by atoms with van der Waals surface area (Å²) in [6.45, 7) is 5.92. The molecule has 0 N–H and O–H groups in total. The van der Waals surface area contributed by atoms with E-state index < -0.39 is 0 Å². The zero-order chi connectivity index (χ0) is 16.1. The maximum Gasteiger partial charge on any atom is 0.228 e. The molecule has 0 unspecified atom stereocenters. The Labute approximate surface area is 139 Å². The fourth-order valence-electron chi connectivity index (χ4n) is 2.50. The van der Waals surface area contributed by atoms with E-state index in [2.05, 4.69) is 26.6 Å². The van der Waals surface area contributed by atoms with Crippen LogP contribution >= 0.6 is 11.8 Å². The van der Waals surface area contributed by atoms with E-state index in [1.54, 1.807) is 0 Å². The van der Waals surface area contributed by atoms with Gasteiger partial charge in [-0.25, -0.2) is 0 Å². The maximum atomic E-state index is 12.2. The average Bonchev–Trinajstić information content (AvgIpc) is 3.04. The Morgan fingerprint density at radius 3 is 2.65 bits per heavy atom. The number of anilines is 1. The number of carbonyl (C=O) groups is 1. The minimum atomic E-state index is 0.106. The highest BCUT2D eigenvalue weighted by atomic mass is 32.2. The van der Waals surface area contributed by atoms with Gasteiger partial charge >= 0.3 is 0 Å². The van der Waals surface area contributed by atoms with E-state index in [1.165, 1.54) is 11.8 Å². The van der Waals surface area contributed by atoms with Crippen molar-refractivity contribution in [2.24, 2.45) is 0 Å². The second-order valence-electron chi connectivity index (χ2n) is 5.20. The molecule has 3 rings (SSSR count). The maximum absolute atomic E-state index is 12.2. The summed E-state index contributed by atoms with van der Waals surface area (Å²) in [4.78, 5) is 14.4. The number of benzene rings is 1. The fraction of sp³-hybridized carbons (Fsp3) is 0.438. The van der Waals surface area contributed by atoms with Crippen LogP contribution in [0.5, 0.6) is 0 Å². The van der Waals surface area contributed by atoms with Crippen molar-refractivity contribution in [2.45, 2.75) is 18.6 Å². The quantitative estimate of drug-likeness (QED) is 0.596. The largest absolute Gasteiger partial charge is 0.378 e. The summed E-state index contributed by atoms with van der Waals surface area (Å²) in [5.41, 5.74) is 0.732. The van der Waals surface area contributed by atoms with Crippen molar-refractivity contribution in [2.75, 3.05) is 37.0 Å². The Morgan fingerprint density at radius 1 is 1.22 bits per heavy atom. The van der Waals surface area contributed by atoms with Crippen LogP contribution in [0.15, 0.2) is 35.5 Å². The molecule has 0 bridgehead atoms. The first-order valence-electron chi connectivity index (χ1n) is 7.76. The molecule has 1 fully saturated rings. The van der Waals surface area contributed by atoms with Gasteiger partial charge in [0.25, 0.3) is 0 Å². The third-order valence-electron chi connectivity index (χ3n) is 3.74. The molecule has 1 aromatic carbocycles. The highest BCUT2D eigenvalue weighted by Gasteiger charge is 2.20. The number of hydrogen-bond acceptors (Lipinski definition) is 6. The van der Waals surface area contributed by atoms with Gasteiger partial charge in [-0.1, -0.05) is 42.1 Å². The van der Waals surface area contributed by atoms with Crippen LogP contribution in [-0.4, -0.2) is 52.6 Å². The average molecular weight is 332 g/mol. The van der Waals surface area contributed by atoms with Crippen molar-refractivity contribution < 1.29 is 9.53 Å². The van der Waals surface area contributed by atoms with E-state index in [4.69, 9.17) is 4.74 Å². The summed E-state index contributed by atoms with van der Waals surface area (Å²) in [7, 11) is 0. The molecule has 2 heterocycles. The molecule has 6 nitrogen and oxygen atoms in total. The molecule has 7 heteroatoms. The molecule has 0 aliphatic carbocycles. The van der Waals surface area contributed by atoms with Crippen molar-refractivity contribution in [3.8, 4) is 0 Å². The summed E-state index contributed by atoms with van der Waals surface area (Å²) in [5, 5.41) is 9.37. The number of nitrogens with zero attached hydrogens (tertiary/aromatic N) is 4. The first kappa shape index (κ1) is 16.0. The first-order chi connectivity index (χ1) is 11.3. The van der Waals surface area contributed by atoms with Gasteiger partial charge in [0, 0.05) is 25.2 Å². The highest BCUT2D eigenvalue weighted by molar-refractivity contribution is 7.99. The summed E-state index contributed by atoms with van der Waals surface area (Å²) in [6, 6.07) is 9.34. The van der Waals surface area contributed by atoms with E-state index in [0.29, 0.717) is 19.0 Å². The van der Waals surface area contributed by atoms with Crippen LogP contribution in [0.2, 0.25) is 0 Å². The monoisotopic (exact) mass is 332 g/mol. The molecule has 0 atom stereocenters. The predicted molar refractivity (Wildman–Crippen MR) is 90.2 cm³/mol. The standard InChI is InChI=1S/C16H20N4O2S/c1-2-20-15(19-8-10-22-11-9-19)17-18-16(20)23-12-14(21)13-6-4-3-5-7-13/h3-7H,2,8-12H2,1H3. The van der Waals surface area contributed by atoms with Crippen LogP contribution in [-0.2, 0) is 11.3 Å². The van der Waals surface area contributed by atoms with Crippen molar-refractivity contribution >= 4 is 23.5 Å². The third kappa shape index (κ3) is 3.73. The number of aromatic nitrogens is 3. The Hall–Kier alpha value is -1.86. The van der Waals surface area contributed by atoms with E-state index >= 15 is 0 Å². The molecular formula is C16H20N4O2S. The lowest BCUT2D eigenvalue weighted by molar-refractivity contribution is 0.102. The molecular weight excluding hydrogens is 312 g/mol. The topological polar surface area (TPSA) is 60.2 Å². The number of thioether (sulfide) groups is 1. The second-order valence-corrected chi connectivity index (χ2v) is 6.15. The predicted octanol–water partition coefficient (Wildman–Crippen LogP) is 2.11. The lowest BCUT2D eigenvalue weighted by Crippen LogP contribution is -2.38. The van der Waals surface area contributed by atoms with E-state index in [9.17, 15) is 4.79 Å². The molecule has 1 aliphatic rings. The Morgan fingerprint density at radius 2 is 1.96 bits per heavy atom. The van der Waals surface area contributed by atoms with Gasteiger partial charge in [-0.15, -0.1) is 10.2 Å². The zero-order valence-electron chi connectivity index (χ0n) is 13.1. The van der Waals surface area contributed by atoms with Crippen LogP contribution in [0, 0.1) is 0 Å². The van der Waals surface area contributed by atoms with Crippen LogP contribution in [0.4, 0.5) is 5.95 Å². The Balaban J connectivity index is 1.68. The van der Waals surface area contributed by atoms with Crippen LogP contribution in [0.1, 0.15) is 17.3 Å². The van der Waals surface area contributed by atoms with E-state index in [-0.39, 0.29) is 5.78 Å². The molecule has 23 heavy (non-hydrogen) atoms. The van der Waals surface area contributed by atoms with Gasteiger partial charge in [-0.05, 0) is 6.92 Å². The molecule has 0 spiro atoms. The van der Waals surface area contributed by atoms with Gasteiger partial charge in [-0.2, -0.15) is 0 Å². The zero-order valence-corrected chi connectivity index (χ0v) is 14.0. The molecule has 0 radical (unpaired) electrons. The molecule has 2 aromatic rings. The minimum Gasteiger partial charge on any atom is -0.378 e. The molecule has 0 saturated carbocycles. The van der Waals surface area contributed by atoms with Crippen molar-refractivity contribution in [1.29, 1.82) is 0 Å². The summed E-state index contributed by atoms with van der Waals surface area (Å²) in [5.74, 6) is 1.34. The molecule has 0 amide bonds. The van der Waals surface area contributed by atoms with Gasteiger partial charge in [0.1, 0.15) is 0 Å². The van der Waals surface area contributed by atoms with Gasteiger partial charge in [-0.3, -0.25) is 9.36 Å². The van der Waals surface area contributed by atoms with Gasteiger partial charge in [0.05, 0.1) is 19.0 Å². The van der Waals surface area contributed by atoms with Crippen molar-refractivity contribution in [1.82, 2.24) is 14.8 Å². The van der Waals surface area contributed by atoms with Gasteiger partial charge < -0.3 is 9.64 Å². The normalized spacial score (nSPS) is 14.9. The smallest absolute Gasteiger partial charge is 0.228 e. The van der Waals surface area contributed by atoms with Crippen LogP contribution in [0.3, 0.4) is 0 Å². The van der Waals surface area contributed by atoms with Gasteiger partial charge in [0.2, 0.25) is 5.95 Å². The summed E-state index contributed by atoms with van der Waals surface area (Å²) < 4.78 is 7.44. The summed E-state index contributed by atoms with van der Waals surface area (Å²) in [6.07, 6.45) is 0. The molecule has 122 valence electrons. The van der Waals surface area contributed by atoms with E-state index in [0.717, 1.165) is 36.3 Å². The lowest BCUT2D eigenvalue weighted by Gasteiger charge is -2.27. The minimum absolute atomic E-state index is 0.106. The SMILES string of the molecule is CCn1c(SCC(=O)c2ccccc2)nnc1N1CCOCC1. The van der Waals surface area contributed by atoms with Crippen molar-refractivity contribution in [3.05, 3.63) is 35.9 Å². The number of ketones is 1. The number of hydrogen-bond donors (Lipinski definition) is 0. The first-order valence-corrected chi connectivity index (χ1v) is 8.75. The van der Waals surface area contributed by atoms with Crippen LogP contribution in [0.25, 0.3) is 0 Å². The lowest BCUT2D eigenvalue weighted by atomic mass is 10.2.